The van der Waals surface area contributed by atoms with E-state index in [1.165, 1.54) is 18.7 Å². The lowest BCUT2D eigenvalue weighted by molar-refractivity contribution is -0.137. The summed E-state index contributed by atoms with van der Waals surface area (Å²) in [6.07, 6.45) is 2.71. The van der Waals surface area contributed by atoms with Crippen LogP contribution >= 0.6 is 0 Å². The number of esters is 1. The second kappa shape index (κ2) is 14.2. The predicted octanol–water partition coefficient (Wildman–Crippen LogP) is 4.13. The molecule has 4 amide bonds. The molecular weight excluding hydrogens is 548 g/mol. The summed E-state index contributed by atoms with van der Waals surface area (Å²) >= 11 is 0. The topological polar surface area (TPSA) is 112 Å². The molecule has 2 aromatic rings. The molecule has 0 aliphatic carbocycles. The highest BCUT2D eigenvalue weighted by molar-refractivity contribution is 6.01. The Bertz CT molecular complexity index is 1330. The third kappa shape index (κ3) is 7.05. The number of hydrogen-bond acceptors (Lipinski definition) is 7. The Morgan fingerprint density at radius 3 is 2.48 bits per heavy atom. The molecule has 3 N–H and O–H groups in total. The van der Waals surface area contributed by atoms with Gasteiger partial charge in [0, 0.05) is 26.4 Å². The molecule has 226 valence electrons. The summed E-state index contributed by atoms with van der Waals surface area (Å²) in [5.41, 5.74) is 2.40. The number of nitrogens with zero attached hydrogens (tertiary/aromatic N) is 2. The Hall–Kier alpha value is -4.03. The van der Waals surface area contributed by atoms with Gasteiger partial charge in [0.25, 0.3) is 0 Å². The van der Waals surface area contributed by atoms with E-state index < -0.39 is 35.7 Å². The number of halogens is 2. The Morgan fingerprint density at radius 2 is 1.81 bits per heavy atom. The predicted molar refractivity (Wildman–Crippen MR) is 153 cm³/mol. The lowest BCUT2D eigenvalue weighted by atomic mass is 9.89. The number of piperidine rings is 1. The molecule has 1 saturated heterocycles. The van der Waals surface area contributed by atoms with Gasteiger partial charge in [0.15, 0.2) is 11.6 Å². The number of carbonyl (C=O) groups excluding carboxylic acids is 3. The van der Waals surface area contributed by atoms with Gasteiger partial charge in [-0.3, -0.25) is 0 Å². The molecule has 2 aliphatic rings. The van der Waals surface area contributed by atoms with Crippen LogP contribution < -0.4 is 16.0 Å². The maximum absolute atomic E-state index is 14.2. The van der Waals surface area contributed by atoms with Crippen LogP contribution in [0.3, 0.4) is 0 Å². The molecule has 0 spiro atoms. The number of methoxy groups -OCH3 is 2. The first kappa shape index (κ1) is 30.9. The van der Waals surface area contributed by atoms with E-state index in [-0.39, 0.29) is 30.0 Å². The molecule has 10 nitrogen and oxygen atoms in total. The van der Waals surface area contributed by atoms with Crippen molar-refractivity contribution in [3.8, 4) is 0 Å². The van der Waals surface area contributed by atoms with Crippen molar-refractivity contribution in [1.82, 2.24) is 20.4 Å². The van der Waals surface area contributed by atoms with E-state index >= 15 is 0 Å². The summed E-state index contributed by atoms with van der Waals surface area (Å²) in [6, 6.07) is 8.42. The van der Waals surface area contributed by atoms with Crippen molar-refractivity contribution >= 4 is 23.7 Å². The van der Waals surface area contributed by atoms with Gasteiger partial charge in [-0.15, -0.1) is 0 Å². The summed E-state index contributed by atoms with van der Waals surface area (Å²) in [6.45, 7) is 2.71. The number of urea groups is 2. The number of nitrogens with one attached hydrogen (secondary N) is 3. The number of anilines is 1. The fraction of sp³-hybridized carbons (Fsp3) is 0.433. The number of hydrogen-bond donors (Lipinski definition) is 3. The minimum absolute atomic E-state index is 0.0241. The fourth-order valence-corrected chi connectivity index (χ4v) is 5.50. The van der Waals surface area contributed by atoms with Gasteiger partial charge in [0.1, 0.15) is 6.04 Å². The SMILES string of the molecule is CNc1cccc(C2CCN(CCCNC(=O)N3C(=O)NC(COC)=C(C(=O)OC)C3c3ccc(F)c(F)c3)CC2)c1. The Labute approximate surface area is 244 Å². The van der Waals surface area contributed by atoms with Gasteiger partial charge < -0.3 is 30.3 Å². The average Bonchev–Trinajstić information content (AvgIpc) is 3.00. The second-order valence-electron chi connectivity index (χ2n) is 10.3. The van der Waals surface area contributed by atoms with Crippen molar-refractivity contribution in [2.75, 3.05) is 59.4 Å². The van der Waals surface area contributed by atoms with Gasteiger partial charge >= 0.3 is 18.0 Å². The monoisotopic (exact) mass is 585 g/mol. The molecule has 4 rings (SSSR count). The lowest BCUT2D eigenvalue weighted by Crippen LogP contribution is -2.55. The molecule has 0 radical (unpaired) electrons. The average molecular weight is 586 g/mol. The van der Waals surface area contributed by atoms with E-state index in [0.29, 0.717) is 12.3 Å². The standard InChI is InChI=1S/C30H37F2N5O5/c1-33-22-7-4-6-20(16-22)19-10-14-36(15-11-19)13-5-12-34-29(39)37-27(21-8-9-23(31)24(32)17-21)26(28(38)42-3)25(18-41-2)35-30(37)40/h4,6-9,16-17,19,27,33H,5,10-15,18H2,1-3H3,(H,34,39)(H,35,40). The normalized spacial score (nSPS) is 18.1. The molecular formula is C30H37F2N5O5. The van der Waals surface area contributed by atoms with E-state index in [4.69, 9.17) is 9.47 Å². The third-order valence-corrected chi connectivity index (χ3v) is 7.67. The van der Waals surface area contributed by atoms with Crippen molar-refractivity contribution in [3.63, 3.8) is 0 Å². The van der Waals surface area contributed by atoms with E-state index in [9.17, 15) is 23.2 Å². The summed E-state index contributed by atoms with van der Waals surface area (Å²) < 4.78 is 38.0. The van der Waals surface area contributed by atoms with Gasteiger partial charge in [0.2, 0.25) is 0 Å². The molecule has 2 heterocycles. The van der Waals surface area contributed by atoms with Gasteiger partial charge in [-0.2, -0.15) is 0 Å². The number of imide groups is 1. The molecule has 1 unspecified atom stereocenters. The summed E-state index contributed by atoms with van der Waals surface area (Å²) in [5.74, 6) is -2.64. The summed E-state index contributed by atoms with van der Waals surface area (Å²) in [7, 11) is 4.42. The van der Waals surface area contributed by atoms with Crippen LogP contribution in [0.15, 0.2) is 53.7 Å². The van der Waals surface area contributed by atoms with Gasteiger partial charge in [-0.05, 0) is 80.2 Å². The first-order chi connectivity index (χ1) is 20.3. The number of carbonyl (C=O) groups is 3. The van der Waals surface area contributed by atoms with Crippen molar-refractivity contribution in [2.24, 2.45) is 0 Å². The lowest BCUT2D eigenvalue weighted by Gasteiger charge is -2.36. The molecule has 0 bridgehead atoms. The van der Waals surface area contributed by atoms with Crippen molar-refractivity contribution < 1.29 is 32.6 Å². The Morgan fingerprint density at radius 1 is 1.05 bits per heavy atom. The minimum atomic E-state index is -1.37. The highest BCUT2D eigenvalue weighted by Gasteiger charge is 2.43. The van der Waals surface area contributed by atoms with Crippen LogP contribution in [0.2, 0.25) is 0 Å². The number of amides is 4. The first-order valence-electron chi connectivity index (χ1n) is 13.9. The number of benzene rings is 2. The maximum Gasteiger partial charge on any atom is 0.338 e. The molecule has 1 fully saturated rings. The van der Waals surface area contributed by atoms with Crippen LogP contribution in [0.5, 0.6) is 0 Å². The summed E-state index contributed by atoms with van der Waals surface area (Å²) in [5, 5.41) is 8.43. The molecule has 1 atom stereocenters. The van der Waals surface area contributed by atoms with Crippen LogP contribution in [0.25, 0.3) is 0 Å². The van der Waals surface area contributed by atoms with E-state index in [1.54, 1.807) is 0 Å². The van der Waals surface area contributed by atoms with Crippen LogP contribution in [0.1, 0.15) is 42.3 Å². The second-order valence-corrected chi connectivity index (χ2v) is 10.3. The largest absolute Gasteiger partial charge is 0.466 e. The first-order valence-corrected chi connectivity index (χ1v) is 13.9. The molecule has 42 heavy (non-hydrogen) atoms. The number of ether oxygens (including phenoxy) is 2. The third-order valence-electron chi connectivity index (χ3n) is 7.67. The van der Waals surface area contributed by atoms with Crippen molar-refractivity contribution in [3.05, 3.63) is 76.5 Å². The molecule has 0 saturated carbocycles. The molecule has 12 heteroatoms. The van der Waals surface area contributed by atoms with Gasteiger partial charge in [-0.25, -0.2) is 28.1 Å². The maximum atomic E-state index is 14.2. The smallest absolute Gasteiger partial charge is 0.338 e. The molecule has 0 aromatic heterocycles. The molecule has 2 aliphatic heterocycles. The van der Waals surface area contributed by atoms with Crippen molar-refractivity contribution in [2.45, 2.75) is 31.2 Å². The molecule has 2 aromatic carbocycles. The Kier molecular flexibility index (Phi) is 10.5. The van der Waals surface area contributed by atoms with Crippen molar-refractivity contribution in [1.29, 1.82) is 0 Å². The van der Waals surface area contributed by atoms with E-state index in [2.05, 4.69) is 39.0 Å². The van der Waals surface area contributed by atoms with Gasteiger partial charge in [0.05, 0.1) is 25.0 Å². The fourth-order valence-electron chi connectivity index (χ4n) is 5.50. The highest BCUT2D eigenvalue weighted by atomic mass is 19.2. The van der Waals surface area contributed by atoms with E-state index in [0.717, 1.165) is 62.3 Å². The number of likely N-dealkylation sites (tertiary alicyclic amines) is 1. The van der Waals surface area contributed by atoms with Gasteiger partial charge in [-0.1, -0.05) is 18.2 Å². The summed E-state index contributed by atoms with van der Waals surface area (Å²) in [4.78, 5) is 42.4. The zero-order valence-corrected chi connectivity index (χ0v) is 24.0. The number of rotatable bonds is 10. The van der Waals surface area contributed by atoms with Crippen LogP contribution in [-0.2, 0) is 14.3 Å². The van der Waals surface area contributed by atoms with Crippen LogP contribution in [0.4, 0.5) is 24.1 Å². The zero-order valence-electron chi connectivity index (χ0n) is 24.0. The minimum Gasteiger partial charge on any atom is -0.466 e. The Balaban J connectivity index is 1.40. The zero-order chi connectivity index (χ0) is 30.2. The van der Waals surface area contributed by atoms with E-state index in [1.807, 2.05) is 13.1 Å². The quantitative estimate of drug-likeness (QED) is 0.284. The van der Waals surface area contributed by atoms with Crippen LogP contribution in [0, 0.1) is 11.6 Å². The highest BCUT2D eigenvalue weighted by Crippen LogP contribution is 2.35. The van der Waals surface area contributed by atoms with Crippen LogP contribution in [-0.4, -0.2) is 81.9 Å².